The number of allylic oxidation sites excluding steroid dienone is 18. The Labute approximate surface area is 463 Å². The van der Waals surface area contributed by atoms with Crippen molar-refractivity contribution in [3.8, 4) is 0 Å². The van der Waals surface area contributed by atoms with Crippen molar-refractivity contribution in [3.63, 3.8) is 0 Å². The van der Waals surface area contributed by atoms with Crippen molar-refractivity contribution in [1.29, 1.82) is 0 Å². The topological polar surface area (TPSA) is 78.9 Å². The quantitative estimate of drug-likeness (QED) is 0.0261. The summed E-state index contributed by atoms with van der Waals surface area (Å²) in [7, 11) is 0. The third-order valence-corrected chi connectivity index (χ3v) is 13.2. The van der Waals surface area contributed by atoms with Crippen molar-refractivity contribution in [2.24, 2.45) is 0 Å². The summed E-state index contributed by atoms with van der Waals surface area (Å²) in [5, 5.41) is 0. The van der Waals surface area contributed by atoms with Crippen molar-refractivity contribution in [3.05, 3.63) is 109 Å². The SMILES string of the molecule is CC/C=C\C/C=C\C/C=C\C/C=C\C/C=C\C/C=C\C/C=C\CCCCCCCCCC(=O)OCC(COC(=O)CCCCCCC/C=C\C/C=C\CCC)OC(=O)CCCCCCCCCCCCCCCCC. The van der Waals surface area contributed by atoms with Crippen LogP contribution in [0.5, 0.6) is 0 Å². The standard InChI is InChI=1S/C69H116O6/c1-4-7-10-13-16-19-22-25-27-28-29-30-31-32-33-34-35-36-37-38-39-40-42-44-47-50-53-56-59-62-68(71)74-65-66(64-73-67(70)61-58-55-52-49-46-43-24-21-18-15-12-9-6-3)75-69(72)63-60-57-54-51-48-45-41-26-23-20-17-14-11-8-5-2/h7,10,12,15-16,19,21,24-25,27,29-30,32-33,35-36,38-39,66H,4-6,8-9,11,13-14,17-18,20,22-23,26,28,31,34,37,40-65H2,1-3H3/b10-7-,15-12-,19-16-,24-21-,27-25-,30-29-,33-32-,36-35-,39-38-. The molecule has 0 aliphatic heterocycles. The van der Waals surface area contributed by atoms with Crippen molar-refractivity contribution < 1.29 is 28.6 Å². The maximum atomic E-state index is 12.9. The van der Waals surface area contributed by atoms with Gasteiger partial charge < -0.3 is 14.2 Å². The van der Waals surface area contributed by atoms with Crippen LogP contribution < -0.4 is 0 Å². The summed E-state index contributed by atoms with van der Waals surface area (Å²) in [6, 6.07) is 0. The average Bonchev–Trinajstić information content (AvgIpc) is 3.41. The van der Waals surface area contributed by atoms with Gasteiger partial charge in [0, 0.05) is 19.3 Å². The lowest BCUT2D eigenvalue weighted by atomic mass is 10.0. The third-order valence-electron chi connectivity index (χ3n) is 13.2. The molecule has 1 unspecified atom stereocenters. The molecule has 0 aromatic heterocycles. The Kier molecular flexibility index (Phi) is 59.3. The summed E-state index contributed by atoms with van der Waals surface area (Å²) in [5.41, 5.74) is 0. The monoisotopic (exact) mass is 1040 g/mol. The van der Waals surface area contributed by atoms with Crippen LogP contribution in [0.4, 0.5) is 0 Å². The first-order chi connectivity index (χ1) is 37.0. The molecule has 0 N–H and O–H groups in total. The Balaban J connectivity index is 4.31. The predicted octanol–water partition coefficient (Wildman–Crippen LogP) is 21.4. The molecule has 0 aromatic carbocycles. The van der Waals surface area contributed by atoms with Gasteiger partial charge in [0.2, 0.25) is 0 Å². The van der Waals surface area contributed by atoms with E-state index in [1.807, 2.05) is 0 Å². The van der Waals surface area contributed by atoms with Gasteiger partial charge in [-0.1, -0.05) is 278 Å². The van der Waals surface area contributed by atoms with Gasteiger partial charge in [-0.05, 0) is 103 Å². The van der Waals surface area contributed by atoms with Crippen LogP contribution in [-0.2, 0) is 28.6 Å². The van der Waals surface area contributed by atoms with Crippen molar-refractivity contribution in [1.82, 2.24) is 0 Å². The highest BCUT2D eigenvalue weighted by Crippen LogP contribution is 2.16. The highest BCUT2D eigenvalue weighted by Gasteiger charge is 2.19. The number of carbonyl (C=O) groups is 3. The molecule has 0 aliphatic carbocycles. The molecule has 75 heavy (non-hydrogen) atoms. The summed E-state index contributed by atoms with van der Waals surface area (Å²) in [6.45, 7) is 6.46. The molecular formula is C69H116O6. The zero-order chi connectivity index (χ0) is 54.3. The molecule has 6 heteroatoms. The molecule has 0 aromatic rings. The zero-order valence-corrected chi connectivity index (χ0v) is 49.0. The van der Waals surface area contributed by atoms with E-state index in [0.717, 1.165) is 141 Å². The number of esters is 3. The highest BCUT2D eigenvalue weighted by atomic mass is 16.6. The van der Waals surface area contributed by atoms with Crippen LogP contribution in [-0.4, -0.2) is 37.2 Å². The molecule has 0 spiro atoms. The molecule has 0 saturated carbocycles. The van der Waals surface area contributed by atoms with Gasteiger partial charge in [-0.3, -0.25) is 14.4 Å². The maximum Gasteiger partial charge on any atom is 0.306 e. The first kappa shape index (κ1) is 71.1. The average molecular weight is 1040 g/mol. The van der Waals surface area contributed by atoms with E-state index in [2.05, 4.69) is 130 Å². The predicted molar refractivity (Wildman–Crippen MR) is 325 cm³/mol. The minimum Gasteiger partial charge on any atom is -0.462 e. The van der Waals surface area contributed by atoms with E-state index in [-0.39, 0.29) is 31.1 Å². The molecule has 0 bridgehead atoms. The summed E-state index contributed by atoms with van der Waals surface area (Å²) in [6.07, 6.45) is 85.2. The lowest BCUT2D eigenvalue weighted by Gasteiger charge is -2.18. The third kappa shape index (κ3) is 60.8. The largest absolute Gasteiger partial charge is 0.462 e. The Bertz CT molecular complexity index is 1520. The molecule has 1 atom stereocenters. The van der Waals surface area contributed by atoms with Gasteiger partial charge in [0.05, 0.1) is 0 Å². The normalized spacial score (nSPS) is 12.8. The van der Waals surface area contributed by atoms with Gasteiger partial charge in [-0.25, -0.2) is 0 Å². The van der Waals surface area contributed by atoms with Crippen LogP contribution in [0, 0.1) is 0 Å². The van der Waals surface area contributed by atoms with Gasteiger partial charge in [-0.2, -0.15) is 0 Å². The van der Waals surface area contributed by atoms with Crippen LogP contribution in [0.25, 0.3) is 0 Å². The van der Waals surface area contributed by atoms with Crippen molar-refractivity contribution >= 4 is 17.9 Å². The molecule has 0 amide bonds. The van der Waals surface area contributed by atoms with Crippen LogP contribution in [0.3, 0.4) is 0 Å². The number of hydrogen-bond acceptors (Lipinski definition) is 6. The molecule has 0 radical (unpaired) electrons. The lowest BCUT2D eigenvalue weighted by Crippen LogP contribution is -2.30. The van der Waals surface area contributed by atoms with Crippen LogP contribution >= 0.6 is 0 Å². The van der Waals surface area contributed by atoms with Gasteiger partial charge in [0.1, 0.15) is 13.2 Å². The second kappa shape index (κ2) is 62.6. The van der Waals surface area contributed by atoms with Gasteiger partial charge in [0.15, 0.2) is 6.10 Å². The molecule has 0 saturated heterocycles. The fraction of sp³-hybridized carbons (Fsp3) is 0.696. The van der Waals surface area contributed by atoms with E-state index in [1.54, 1.807) is 0 Å². The number of ether oxygens (including phenoxy) is 3. The van der Waals surface area contributed by atoms with E-state index in [1.165, 1.54) is 109 Å². The van der Waals surface area contributed by atoms with E-state index < -0.39 is 6.10 Å². The van der Waals surface area contributed by atoms with Crippen LogP contribution in [0.15, 0.2) is 109 Å². The Morgan fingerprint density at radius 2 is 0.547 bits per heavy atom. The second-order valence-electron chi connectivity index (χ2n) is 20.6. The molecule has 0 heterocycles. The minimum atomic E-state index is -0.788. The second-order valence-corrected chi connectivity index (χ2v) is 20.6. The van der Waals surface area contributed by atoms with Crippen molar-refractivity contribution in [2.75, 3.05) is 13.2 Å². The number of carbonyl (C=O) groups excluding carboxylic acids is 3. The first-order valence-electron chi connectivity index (χ1n) is 31.4. The van der Waals surface area contributed by atoms with E-state index >= 15 is 0 Å². The minimum absolute atomic E-state index is 0.0873. The summed E-state index contributed by atoms with van der Waals surface area (Å²) < 4.78 is 16.9. The van der Waals surface area contributed by atoms with Gasteiger partial charge in [0.25, 0.3) is 0 Å². The highest BCUT2D eigenvalue weighted by molar-refractivity contribution is 5.71. The Morgan fingerprint density at radius 3 is 0.867 bits per heavy atom. The molecule has 428 valence electrons. The molecule has 0 fully saturated rings. The number of unbranched alkanes of at least 4 members (excludes halogenated alkanes) is 27. The number of rotatable bonds is 56. The zero-order valence-electron chi connectivity index (χ0n) is 49.0. The van der Waals surface area contributed by atoms with E-state index in [9.17, 15) is 14.4 Å². The summed E-state index contributed by atoms with van der Waals surface area (Å²) in [5.74, 6) is -0.904. The molecule has 6 nitrogen and oxygen atoms in total. The van der Waals surface area contributed by atoms with E-state index in [0.29, 0.717) is 19.3 Å². The van der Waals surface area contributed by atoms with E-state index in [4.69, 9.17) is 14.2 Å². The smallest absolute Gasteiger partial charge is 0.306 e. The fourth-order valence-electron chi connectivity index (χ4n) is 8.58. The molecule has 0 aliphatic rings. The lowest BCUT2D eigenvalue weighted by molar-refractivity contribution is -0.167. The van der Waals surface area contributed by atoms with Gasteiger partial charge >= 0.3 is 17.9 Å². The first-order valence-corrected chi connectivity index (χ1v) is 31.4. The van der Waals surface area contributed by atoms with Crippen LogP contribution in [0.1, 0.15) is 290 Å². The molecule has 0 rings (SSSR count). The maximum absolute atomic E-state index is 12.9. The Hall–Kier alpha value is -3.93. The Morgan fingerprint density at radius 1 is 0.280 bits per heavy atom. The summed E-state index contributed by atoms with van der Waals surface area (Å²) in [4.78, 5) is 38.2. The summed E-state index contributed by atoms with van der Waals surface area (Å²) >= 11 is 0. The fourth-order valence-corrected chi connectivity index (χ4v) is 8.58. The van der Waals surface area contributed by atoms with Gasteiger partial charge in [-0.15, -0.1) is 0 Å². The van der Waals surface area contributed by atoms with Crippen LogP contribution in [0.2, 0.25) is 0 Å². The van der Waals surface area contributed by atoms with Crippen molar-refractivity contribution in [2.45, 2.75) is 297 Å². The number of hydrogen-bond donors (Lipinski definition) is 0. The molecular weight excluding hydrogens is 925 g/mol.